The highest BCUT2D eigenvalue weighted by Gasteiger charge is 2.26. The van der Waals surface area contributed by atoms with E-state index in [9.17, 15) is 9.18 Å². The van der Waals surface area contributed by atoms with Gasteiger partial charge in [0.2, 0.25) is 0 Å². The molecule has 0 bridgehead atoms. The number of hydrogen-bond acceptors (Lipinski definition) is 5. The number of halogens is 1. The molecular formula is C19H23FN4O2. The summed E-state index contributed by atoms with van der Waals surface area (Å²) in [5, 5.41) is 2.83. The first-order valence-corrected chi connectivity index (χ1v) is 8.64. The highest BCUT2D eigenvalue weighted by Crippen LogP contribution is 2.31. The lowest BCUT2D eigenvalue weighted by molar-refractivity contribution is 0.0947. The number of amides is 1. The molecule has 1 fully saturated rings. The van der Waals surface area contributed by atoms with Crippen molar-refractivity contribution in [1.29, 1.82) is 0 Å². The summed E-state index contributed by atoms with van der Waals surface area (Å²) in [5.41, 5.74) is 1.99. The van der Waals surface area contributed by atoms with Crippen LogP contribution in [0.4, 0.5) is 4.39 Å². The number of methoxy groups -OCH3 is 1. The Hall–Kier alpha value is -2.54. The summed E-state index contributed by atoms with van der Waals surface area (Å²) in [6.07, 6.45) is 3.91. The summed E-state index contributed by atoms with van der Waals surface area (Å²) in [6, 6.07) is 4.11. The zero-order chi connectivity index (χ0) is 18.7. The zero-order valence-electron chi connectivity index (χ0n) is 15.3. The molecule has 0 spiro atoms. The number of aromatic nitrogens is 2. The van der Waals surface area contributed by atoms with Crippen molar-refractivity contribution in [3.05, 3.63) is 52.9 Å². The fourth-order valence-electron chi connectivity index (χ4n) is 3.32. The number of ether oxygens (including phenoxy) is 1. The third-order valence-electron chi connectivity index (χ3n) is 4.70. The van der Waals surface area contributed by atoms with Crippen LogP contribution in [0.25, 0.3) is 0 Å². The Bertz CT molecular complexity index is 812. The lowest BCUT2D eigenvalue weighted by atomic mass is 10.1. The van der Waals surface area contributed by atoms with Gasteiger partial charge >= 0.3 is 0 Å². The molecule has 1 aromatic heterocycles. The van der Waals surface area contributed by atoms with Crippen molar-refractivity contribution in [2.45, 2.75) is 32.4 Å². The van der Waals surface area contributed by atoms with Crippen molar-refractivity contribution in [1.82, 2.24) is 20.2 Å². The summed E-state index contributed by atoms with van der Waals surface area (Å²) in [6.45, 7) is 3.16. The third-order valence-corrected chi connectivity index (χ3v) is 4.70. The number of benzene rings is 1. The Labute approximate surface area is 152 Å². The maximum atomic E-state index is 13.5. The molecule has 138 valence electrons. The quantitative estimate of drug-likeness (QED) is 0.890. The maximum absolute atomic E-state index is 13.5. The molecule has 7 heteroatoms. The van der Waals surface area contributed by atoms with E-state index in [2.05, 4.69) is 27.2 Å². The van der Waals surface area contributed by atoms with Crippen LogP contribution in [0.3, 0.4) is 0 Å². The van der Waals surface area contributed by atoms with Gasteiger partial charge < -0.3 is 10.1 Å². The number of likely N-dealkylation sites (tertiary alicyclic amines) is 1. The molecule has 1 saturated heterocycles. The minimum absolute atomic E-state index is 0.167. The summed E-state index contributed by atoms with van der Waals surface area (Å²) in [7, 11) is 3.53. The number of nitrogens with zero attached hydrogens (tertiary/aromatic N) is 3. The zero-order valence-corrected chi connectivity index (χ0v) is 15.3. The van der Waals surface area contributed by atoms with E-state index >= 15 is 0 Å². The number of carbonyl (C=O) groups is 1. The second-order valence-corrected chi connectivity index (χ2v) is 6.49. The second kappa shape index (κ2) is 7.78. The first-order valence-electron chi connectivity index (χ1n) is 8.64. The molecule has 3 rings (SSSR count). The Kier molecular flexibility index (Phi) is 5.46. The van der Waals surface area contributed by atoms with Crippen molar-refractivity contribution in [2.24, 2.45) is 0 Å². The van der Waals surface area contributed by atoms with E-state index in [4.69, 9.17) is 4.74 Å². The molecule has 1 N–H and O–H groups in total. The lowest BCUT2D eigenvalue weighted by Crippen LogP contribution is -2.26. The van der Waals surface area contributed by atoms with E-state index in [0.29, 0.717) is 11.6 Å². The molecule has 1 aliphatic heterocycles. The predicted octanol–water partition coefficient (Wildman–Crippen LogP) is 2.63. The van der Waals surface area contributed by atoms with Crippen LogP contribution in [-0.4, -0.2) is 41.5 Å². The maximum Gasteiger partial charge on any atom is 0.255 e. The van der Waals surface area contributed by atoms with Crippen LogP contribution in [-0.2, 0) is 6.54 Å². The van der Waals surface area contributed by atoms with Crippen LogP contribution in [0.1, 0.15) is 46.3 Å². The van der Waals surface area contributed by atoms with E-state index < -0.39 is 11.7 Å². The van der Waals surface area contributed by atoms with Crippen LogP contribution in [0, 0.1) is 12.7 Å². The van der Waals surface area contributed by atoms with E-state index in [1.807, 2.05) is 6.92 Å². The van der Waals surface area contributed by atoms with Gasteiger partial charge in [-0.15, -0.1) is 0 Å². The van der Waals surface area contributed by atoms with Gasteiger partial charge in [0, 0.05) is 18.3 Å². The fourth-order valence-corrected chi connectivity index (χ4v) is 3.32. The standard InChI is InChI=1S/C19H23FN4O2/c1-12-21-10-13(18(23-12)16-5-4-8-24(16)2)11-22-19(25)15-9-14(20)6-7-17(15)26-3/h6-7,9-10,16H,4-5,8,11H2,1-3H3,(H,22,25). The first-order chi connectivity index (χ1) is 12.5. The van der Waals surface area contributed by atoms with Crippen LogP contribution in [0.5, 0.6) is 5.75 Å². The van der Waals surface area contributed by atoms with E-state index in [1.54, 1.807) is 6.20 Å². The third kappa shape index (κ3) is 3.83. The second-order valence-electron chi connectivity index (χ2n) is 6.49. The average Bonchev–Trinajstić information content (AvgIpc) is 3.06. The van der Waals surface area contributed by atoms with Gasteiger partial charge in [0.05, 0.1) is 24.4 Å². The van der Waals surface area contributed by atoms with Crippen molar-refractivity contribution >= 4 is 5.91 Å². The number of aryl methyl sites for hydroxylation is 1. The molecule has 6 nitrogen and oxygen atoms in total. The number of carbonyl (C=O) groups excluding carboxylic acids is 1. The molecule has 2 heterocycles. The summed E-state index contributed by atoms with van der Waals surface area (Å²) in [5.74, 6) is 0.164. The molecule has 26 heavy (non-hydrogen) atoms. The minimum atomic E-state index is -0.483. The van der Waals surface area contributed by atoms with Crippen LogP contribution < -0.4 is 10.1 Å². The highest BCUT2D eigenvalue weighted by atomic mass is 19.1. The Morgan fingerprint density at radius 3 is 2.96 bits per heavy atom. The van der Waals surface area contributed by atoms with E-state index in [-0.39, 0.29) is 18.2 Å². The fraction of sp³-hybridized carbons (Fsp3) is 0.421. The van der Waals surface area contributed by atoms with Gasteiger partial charge in [-0.3, -0.25) is 9.69 Å². The average molecular weight is 358 g/mol. The molecule has 0 radical (unpaired) electrons. The topological polar surface area (TPSA) is 67.3 Å². The Morgan fingerprint density at radius 2 is 2.27 bits per heavy atom. The molecule has 1 amide bonds. The van der Waals surface area contributed by atoms with Gasteiger partial charge in [0.1, 0.15) is 17.4 Å². The largest absolute Gasteiger partial charge is 0.496 e. The van der Waals surface area contributed by atoms with E-state index in [0.717, 1.165) is 30.6 Å². The first kappa shape index (κ1) is 18.3. The smallest absolute Gasteiger partial charge is 0.255 e. The van der Waals surface area contributed by atoms with Gasteiger partial charge in [-0.05, 0) is 51.6 Å². The predicted molar refractivity (Wildman–Crippen MR) is 95.5 cm³/mol. The van der Waals surface area contributed by atoms with Gasteiger partial charge in [-0.2, -0.15) is 0 Å². The molecule has 1 aliphatic rings. The summed E-state index contributed by atoms with van der Waals surface area (Å²) in [4.78, 5) is 23.7. The van der Waals surface area contributed by atoms with Gasteiger partial charge in [-0.1, -0.05) is 0 Å². The number of hydrogen-bond donors (Lipinski definition) is 1. The van der Waals surface area contributed by atoms with Gasteiger partial charge in [0.25, 0.3) is 5.91 Å². The normalized spacial score (nSPS) is 17.3. The molecule has 1 atom stereocenters. The van der Waals surface area contributed by atoms with Crippen molar-refractivity contribution in [2.75, 3.05) is 20.7 Å². The molecular weight excluding hydrogens is 335 g/mol. The van der Waals surface area contributed by atoms with Gasteiger partial charge in [0.15, 0.2) is 0 Å². The molecule has 2 aromatic rings. The van der Waals surface area contributed by atoms with Crippen LogP contribution in [0.15, 0.2) is 24.4 Å². The number of rotatable bonds is 5. The van der Waals surface area contributed by atoms with Crippen LogP contribution >= 0.6 is 0 Å². The monoisotopic (exact) mass is 358 g/mol. The SMILES string of the molecule is COc1ccc(F)cc1C(=O)NCc1cnc(C)nc1C1CCCN1C. The Morgan fingerprint density at radius 1 is 1.46 bits per heavy atom. The van der Waals surface area contributed by atoms with Crippen LogP contribution in [0.2, 0.25) is 0 Å². The minimum Gasteiger partial charge on any atom is -0.496 e. The van der Waals surface area contributed by atoms with E-state index in [1.165, 1.54) is 25.3 Å². The summed E-state index contributed by atoms with van der Waals surface area (Å²) < 4.78 is 18.7. The molecule has 0 aliphatic carbocycles. The summed E-state index contributed by atoms with van der Waals surface area (Å²) >= 11 is 0. The Balaban J connectivity index is 1.80. The molecule has 1 aromatic carbocycles. The highest BCUT2D eigenvalue weighted by molar-refractivity contribution is 5.96. The van der Waals surface area contributed by atoms with Crippen molar-refractivity contribution < 1.29 is 13.9 Å². The van der Waals surface area contributed by atoms with Crippen molar-refractivity contribution in [3.63, 3.8) is 0 Å². The lowest BCUT2D eigenvalue weighted by Gasteiger charge is -2.22. The molecule has 0 saturated carbocycles. The van der Waals surface area contributed by atoms with Gasteiger partial charge in [-0.25, -0.2) is 14.4 Å². The van der Waals surface area contributed by atoms with Crippen molar-refractivity contribution in [3.8, 4) is 5.75 Å². The number of nitrogens with one attached hydrogen (secondary N) is 1. The molecule has 1 unspecified atom stereocenters.